The van der Waals surface area contributed by atoms with Crippen LogP contribution in [0.15, 0.2) is 103 Å². The van der Waals surface area contributed by atoms with E-state index in [0.29, 0.717) is 38.9 Å². The van der Waals surface area contributed by atoms with Crippen LogP contribution in [0, 0.1) is 5.82 Å². The summed E-state index contributed by atoms with van der Waals surface area (Å²) in [6.45, 7) is 0. The highest BCUT2D eigenvalue weighted by atomic mass is 35.5. The Balaban J connectivity index is 1.91. The Morgan fingerprint density at radius 2 is 1.42 bits per heavy atom. The Hall–Kier alpha value is -3.69. The van der Waals surface area contributed by atoms with Crippen molar-refractivity contribution in [2.24, 2.45) is 0 Å². The first-order chi connectivity index (χ1) is 15.2. The van der Waals surface area contributed by atoms with E-state index in [0.717, 1.165) is 10.9 Å². The smallest absolute Gasteiger partial charge is 0.162 e. The van der Waals surface area contributed by atoms with Crippen molar-refractivity contribution in [1.82, 2.24) is 4.98 Å². The van der Waals surface area contributed by atoms with Gasteiger partial charge >= 0.3 is 0 Å². The molecule has 1 heterocycles. The highest BCUT2D eigenvalue weighted by Gasteiger charge is 2.22. The predicted octanol–water partition coefficient (Wildman–Crippen LogP) is 8.15. The molecular formula is C27H17ClFNO. The van der Waals surface area contributed by atoms with E-state index in [2.05, 4.69) is 0 Å². The summed E-state index contributed by atoms with van der Waals surface area (Å²) >= 11 is 6.32. The lowest BCUT2D eigenvalue weighted by molar-refractivity contribution is 0.484. The fraction of sp³-hybridized carbons (Fsp3) is 0. The zero-order chi connectivity index (χ0) is 21.2. The second-order valence-corrected chi connectivity index (χ2v) is 7.52. The van der Waals surface area contributed by atoms with E-state index < -0.39 is 0 Å². The number of para-hydroxylation sites is 1. The highest BCUT2D eigenvalue weighted by Crippen LogP contribution is 2.45. The van der Waals surface area contributed by atoms with Crippen LogP contribution in [0.3, 0.4) is 0 Å². The van der Waals surface area contributed by atoms with Crippen LogP contribution in [0.4, 0.5) is 4.39 Å². The van der Waals surface area contributed by atoms with Gasteiger partial charge in [-0.3, -0.25) is 0 Å². The van der Waals surface area contributed by atoms with Gasteiger partial charge in [0.25, 0.3) is 0 Å². The molecule has 150 valence electrons. The minimum atomic E-state index is -0.341. The molecule has 31 heavy (non-hydrogen) atoms. The summed E-state index contributed by atoms with van der Waals surface area (Å²) in [4.78, 5) is 4.89. The van der Waals surface area contributed by atoms with Crippen LogP contribution in [0.2, 0.25) is 5.02 Å². The molecule has 0 saturated heterocycles. The number of aromatic nitrogens is 1. The molecule has 0 radical (unpaired) electrons. The van der Waals surface area contributed by atoms with E-state index in [9.17, 15) is 0 Å². The van der Waals surface area contributed by atoms with E-state index in [-0.39, 0.29) is 5.82 Å². The highest BCUT2D eigenvalue weighted by molar-refractivity contribution is 6.31. The number of ether oxygens (including phenoxy) is 1. The number of nitrogens with zero attached hydrogens (tertiary/aromatic N) is 1. The van der Waals surface area contributed by atoms with Crippen molar-refractivity contribution in [2.75, 3.05) is 0 Å². The molecule has 0 aliphatic heterocycles. The molecule has 4 aromatic carbocycles. The maximum absolute atomic E-state index is 15.0. The van der Waals surface area contributed by atoms with Crippen LogP contribution in [0.5, 0.6) is 11.5 Å². The lowest BCUT2D eigenvalue weighted by Crippen LogP contribution is -1.98. The number of rotatable bonds is 4. The quantitative estimate of drug-likeness (QED) is 0.290. The summed E-state index contributed by atoms with van der Waals surface area (Å²) in [5.41, 5.74) is 3.27. The monoisotopic (exact) mass is 425 g/mol. The summed E-state index contributed by atoms with van der Waals surface area (Å²) in [5, 5.41) is 1.27. The fourth-order valence-corrected chi connectivity index (χ4v) is 3.82. The summed E-state index contributed by atoms with van der Waals surface area (Å²) in [7, 11) is 0. The van der Waals surface area contributed by atoms with E-state index in [1.165, 1.54) is 6.07 Å². The largest absolute Gasteiger partial charge is 0.454 e. The van der Waals surface area contributed by atoms with Crippen molar-refractivity contribution in [3.05, 3.63) is 114 Å². The Morgan fingerprint density at radius 3 is 2.16 bits per heavy atom. The maximum atomic E-state index is 15.0. The minimum Gasteiger partial charge on any atom is -0.454 e. The molecule has 0 atom stereocenters. The molecule has 0 bridgehead atoms. The normalized spacial score (nSPS) is 10.9. The number of pyridine rings is 1. The van der Waals surface area contributed by atoms with Crippen molar-refractivity contribution in [3.8, 4) is 33.9 Å². The molecule has 0 aliphatic rings. The fourth-order valence-electron chi connectivity index (χ4n) is 3.65. The van der Waals surface area contributed by atoms with E-state index >= 15 is 4.39 Å². The molecule has 0 fully saturated rings. The zero-order valence-electron chi connectivity index (χ0n) is 16.4. The van der Waals surface area contributed by atoms with E-state index in [4.69, 9.17) is 21.3 Å². The summed E-state index contributed by atoms with van der Waals surface area (Å²) < 4.78 is 21.4. The number of halogens is 2. The molecule has 0 amide bonds. The van der Waals surface area contributed by atoms with E-state index in [1.807, 2.05) is 72.8 Å². The average Bonchev–Trinajstić information content (AvgIpc) is 2.81. The lowest BCUT2D eigenvalue weighted by Gasteiger charge is -2.19. The number of hydrogen-bond acceptors (Lipinski definition) is 2. The maximum Gasteiger partial charge on any atom is 0.162 e. The van der Waals surface area contributed by atoms with Crippen molar-refractivity contribution in [1.29, 1.82) is 0 Å². The van der Waals surface area contributed by atoms with Crippen molar-refractivity contribution in [3.63, 3.8) is 0 Å². The van der Waals surface area contributed by atoms with Gasteiger partial charge in [-0.15, -0.1) is 0 Å². The molecule has 4 heteroatoms. The van der Waals surface area contributed by atoms with Gasteiger partial charge in [-0.25, -0.2) is 9.37 Å². The SMILES string of the molecule is Fc1ccccc1-c1c(Oc2ccccc2)c(-c2ccccc2)nc2ccc(Cl)cc12. The van der Waals surface area contributed by atoms with Gasteiger partial charge in [0.1, 0.15) is 17.3 Å². The molecule has 0 unspecified atom stereocenters. The minimum absolute atomic E-state index is 0.341. The van der Waals surface area contributed by atoms with Gasteiger partial charge < -0.3 is 4.74 Å². The third-order valence-corrected chi connectivity index (χ3v) is 5.29. The first-order valence-corrected chi connectivity index (χ1v) is 10.2. The van der Waals surface area contributed by atoms with Crippen LogP contribution >= 0.6 is 11.6 Å². The molecule has 0 aliphatic carbocycles. The molecule has 0 spiro atoms. The Morgan fingerprint density at radius 1 is 0.742 bits per heavy atom. The zero-order valence-corrected chi connectivity index (χ0v) is 17.2. The van der Waals surface area contributed by atoms with Gasteiger partial charge in [-0.1, -0.05) is 78.3 Å². The molecule has 0 saturated carbocycles. The van der Waals surface area contributed by atoms with Gasteiger partial charge in [0.2, 0.25) is 0 Å². The van der Waals surface area contributed by atoms with Gasteiger partial charge in [0.15, 0.2) is 5.75 Å². The topological polar surface area (TPSA) is 22.1 Å². The Kier molecular flexibility index (Phi) is 5.11. The second kappa shape index (κ2) is 8.21. The van der Waals surface area contributed by atoms with Crippen LogP contribution < -0.4 is 4.74 Å². The van der Waals surface area contributed by atoms with Gasteiger partial charge in [0, 0.05) is 27.1 Å². The van der Waals surface area contributed by atoms with Crippen LogP contribution in [-0.2, 0) is 0 Å². The standard InChI is InChI=1S/C27H17ClFNO/c28-19-15-16-24-22(17-19)25(21-13-7-8-14-23(21)29)27(31-20-11-5-2-6-12-20)26(30-24)18-9-3-1-4-10-18/h1-17H. The molecule has 1 aromatic heterocycles. The van der Waals surface area contributed by atoms with Crippen molar-refractivity contribution < 1.29 is 9.13 Å². The first kappa shape index (κ1) is 19.3. The Bertz CT molecular complexity index is 1370. The van der Waals surface area contributed by atoms with Gasteiger partial charge in [0.05, 0.1) is 5.52 Å². The van der Waals surface area contributed by atoms with E-state index in [1.54, 1.807) is 24.3 Å². The van der Waals surface area contributed by atoms with Crippen molar-refractivity contribution >= 4 is 22.5 Å². The Labute approximate surface area is 184 Å². The second-order valence-electron chi connectivity index (χ2n) is 7.09. The number of fused-ring (bicyclic) bond motifs is 1. The average molecular weight is 426 g/mol. The predicted molar refractivity (Wildman–Crippen MR) is 124 cm³/mol. The molecule has 5 aromatic rings. The molecule has 0 N–H and O–H groups in total. The van der Waals surface area contributed by atoms with Crippen LogP contribution in [-0.4, -0.2) is 4.98 Å². The lowest BCUT2D eigenvalue weighted by atomic mass is 9.96. The third-order valence-electron chi connectivity index (χ3n) is 5.06. The number of benzene rings is 4. The molecule has 2 nitrogen and oxygen atoms in total. The number of hydrogen-bond donors (Lipinski definition) is 0. The first-order valence-electron chi connectivity index (χ1n) is 9.87. The summed E-state index contributed by atoms with van der Waals surface area (Å²) in [6.07, 6.45) is 0. The summed E-state index contributed by atoms with van der Waals surface area (Å²) in [6, 6.07) is 31.3. The molecule has 5 rings (SSSR count). The van der Waals surface area contributed by atoms with Gasteiger partial charge in [-0.05, 0) is 36.4 Å². The molecular weight excluding hydrogens is 409 g/mol. The summed E-state index contributed by atoms with van der Waals surface area (Å²) in [5.74, 6) is 0.782. The van der Waals surface area contributed by atoms with Crippen molar-refractivity contribution in [2.45, 2.75) is 0 Å². The third kappa shape index (κ3) is 3.76. The van der Waals surface area contributed by atoms with Gasteiger partial charge in [-0.2, -0.15) is 0 Å². The van der Waals surface area contributed by atoms with Crippen LogP contribution in [0.25, 0.3) is 33.3 Å². The van der Waals surface area contributed by atoms with Crippen LogP contribution in [0.1, 0.15) is 0 Å².